The summed E-state index contributed by atoms with van der Waals surface area (Å²) < 4.78 is 33.0. The summed E-state index contributed by atoms with van der Waals surface area (Å²) in [5.41, 5.74) is 1.05. The standard InChI is InChI=1S/C18H15F2N3O2/c19-13-3-1-4-14(20)12(13)9-23-7-6-11-15(10-23)21-17(22-18(11)24)16-5-2-8-25-16/h1-5,8H,6-7,9-10H2,(H,21,22,24). The minimum Gasteiger partial charge on any atom is -0.461 e. The van der Waals surface area contributed by atoms with Gasteiger partial charge in [-0.25, -0.2) is 13.8 Å². The van der Waals surface area contributed by atoms with Crippen LogP contribution in [0.5, 0.6) is 0 Å². The molecule has 1 N–H and O–H groups in total. The molecule has 2 aromatic heterocycles. The van der Waals surface area contributed by atoms with Crippen LogP contribution in [-0.2, 0) is 19.5 Å². The lowest BCUT2D eigenvalue weighted by atomic mass is 10.1. The van der Waals surface area contributed by atoms with Crippen molar-refractivity contribution in [2.24, 2.45) is 0 Å². The molecule has 3 heterocycles. The molecule has 1 aliphatic heterocycles. The molecule has 0 saturated heterocycles. The third-order valence-corrected chi connectivity index (χ3v) is 4.35. The minimum atomic E-state index is -0.569. The second-order valence-corrected chi connectivity index (χ2v) is 5.98. The summed E-state index contributed by atoms with van der Waals surface area (Å²) in [6, 6.07) is 7.25. The predicted molar refractivity (Wildman–Crippen MR) is 86.7 cm³/mol. The number of nitrogens with zero attached hydrogens (tertiary/aromatic N) is 2. The van der Waals surface area contributed by atoms with E-state index in [1.165, 1.54) is 24.5 Å². The Hall–Kier alpha value is -2.80. The Bertz CT molecular complexity index is 947. The lowest BCUT2D eigenvalue weighted by Gasteiger charge is -2.27. The van der Waals surface area contributed by atoms with Crippen LogP contribution in [0.3, 0.4) is 0 Å². The number of aromatic amines is 1. The maximum absolute atomic E-state index is 13.9. The Morgan fingerprint density at radius 2 is 2.00 bits per heavy atom. The van der Waals surface area contributed by atoms with Crippen LogP contribution in [0.25, 0.3) is 11.6 Å². The normalized spacial score (nSPS) is 14.5. The van der Waals surface area contributed by atoms with Crippen molar-refractivity contribution < 1.29 is 13.2 Å². The summed E-state index contributed by atoms with van der Waals surface area (Å²) in [6.45, 7) is 1.01. The summed E-state index contributed by atoms with van der Waals surface area (Å²) in [4.78, 5) is 21.4. The molecule has 7 heteroatoms. The fraction of sp³-hybridized carbons (Fsp3) is 0.222. The van der Waals surface area contributed by atoms with Crippen LogP contribution in [0, 0.1) is 11.6 Å². The van der Waals surface area contributed by atoms with Gasteiger partial charge in [-0.3, -0.25) is 9.69 Å². The number of H-pyrrole nitrogens is 1. The topological polar surface area (TPSA) is 62.1 Å². The van der Waals surface area contributed by atoms with Gasteiger partial charge in [-0.15, -0.1) is 0 Å². The van der Waals surface area contributed by atoms with Crippen LogP contribution in [0.1, 0.15) is 16.8 Å². The average Bonchev–Trinajstić information content (AvgIpc) is 3.12. The summed E-state index contributed by atoms with van der Waals surface area (Å²) >= 11 is 0. The Labute approximate surface area is 141 Å². The quantitative estimate of drug-likeness (QED) is 0.794. The van der Waals surface area contributed by atoms with Gasteiger partial charge >= 0.3 is 0 Å². The molecule has 1 aliphatic rings. The van der Waals surface area contributed by atoms with Crippen LogP contribution in [0.2, 0.25) is 0 Å². The van der Waals surface area contributed by atoms with Crippen LogP contribution in [0.15, 0.2) is 45.8 Å². The Morgan fingerprint density at radius 1 is 1.20 bits per heavy atom. The van der Waals surface area contributed by atoms with Crippen molar-refractivity contribution in [1.82, 2.24) is 14.9 Å². The average molecular weight is 343 g/mol. The third-order valence-electron chi connectivity index (χ3n) is 4.35. The monoisotopic (exact) mass is 343 g/mol. The molecule has 25 heavy (non-hydrogen) atoms. The first-order valence-corrected chi connectivity index (χ1v) is 7.93. The molecule has 0 unspecified atom stereocenters. The Morgan fingerprint density at radius 3 is 2.72 bits per heavy atom. The SMILES string of the molecule is O=c1[nH]c(-c2ccco2)nc2c1CCN(Cc1c(F)cccc1F)C2. The van der Waals surface area contributed by atoms with Crippen LogP contribution >= 0.6 is 0 Å². The van der Waals surface area contributed by atoms with Gasteiger partial charge in [-0.1, -0.05) is 6.07 Å². The second-order valence-electron chi connectivity index (χ2n) is 5.98. The van der Waals surface area contributed by atoms with Crippen molar-refractivity contribution in [3.63, 3.8) is 0 Å². The molecule has 0 bridgehead atoms. The Balaban J connectivity index is 1.63. The molecule has 0 radical (unpaired) electrons. The molecule has 0 fully saturated rings. The van der Waals surface area contributed by atoms with Crippen LogP contribution in [0.4, 0.5) is 8.78 Å². The highest BCUT2D eigenvalue weighted by molar-refractivity contribution is 5.47. The molecular formula is C18H15F2N3O2. The molecule has 128 valence electrons. The smallest absolute Gasteiger partial charge is 0.254 e. The molecule has 0 aliphatic carbocycles. The van der Waals surface area contributed by atoms with Gasteiger partial charge in [-0.05, 0) is 30.7 Å². The highest BCUT2D eigenvalue weighted by atomic mass is 19.1. The van der Waals surface area contributed by atoms with Crippen molar-refractivity contribution >= 4 is 0 Å². The van der Waals surface area contributed by atoms with E-state index in [-0.39, 0.29) is 17.7 Å². The zero-order chi connectivity index (χ0) is 17.4. The first-order chi connectivity index (χ1) is 12.1. The molecule has 0 atom stereocenters. The van der Waals surface area contributed by atoms with E-state index in [2.05, 4.69) is 9.97 Å². The molecule has 1 aromatic carbocycles. The number of benzene rings is 1. The van der Waals surface area contributed by atoms with Gasteiger partial charge in [0.25, 0.3) is 5.56 Å². The largest absolute Gasteiger partial charge is 0.461 e. The van der Waals surface area contributed by atoms with E-state index in [1.807, 2.05) is 4.90 Å². The van der Waals surface area contributed by atoms with E-state index in [0.29, 0.717) is 42.4 Å². The van der Waals surface area contributed by atoms with Crippen molar-refractivity contribution in [3.05, 3.63) is 75.4 Å². The fourth-order valence-electron chi connectivity index (χ4n) is 3.07. The molecule has 0 spiro atoms. The molecule has 0 saturated carbocycles. The number of hydrogen-bond acceptors (Lipinski definition) is 4. The lowest BCUT2D eigenvalue weighted by Crippen LogP contribution is -2.35. The lowest BCUT2D eigenvalue weighted by molar-refractivity contribution is 0.233. The zero-order valence-corrected chi connectivity index (χ0v) is 13.3. The van der Waals surface area contributed by atoms with Gasteiger partial charge in [0.05, 0.1) is 12.0 Å². The first-order valence-electron chi connectivity index (χ1n) is 7.93. The van der Waals surface area contributed by atoms with E-state index in [1.54, 1.807) is 12.1 Å². The third kappa shape index (κ3) is 2.98. The molecule has 5 nitrogen and oxygen atoms in total. The van der Waals surface area contributed by atoms with Crippen molar-refractivity contribution in [1.29, 1.82) is 0 Å². The maximum Gasteiger partial charge on any atom is 0.254 e. The van der Waals surface area contributed by atoms with E-state index in [0.717, 1.165) is 0 Å². The number of nitrogens with one attached hydrogen (secondary N) is 1. The molecule has 0 amide bonds. The summed E-state index contributed by atoms with van der Waals surface area (Å²) in [5.74, 6) is -0.313. The van der Waals surface area contributed by atoms with Gasteiger partial charge in [0.1, 0.15) is 11.6 Å². The van der Waals surface area contributed by atoms with Crippen molar-refractivity contribution in [2.45, 2.75) is 19.5 Å². The Kier molecular flexibility index (Phi) is 3.93. The first kappa shape index (κ1) is 15.7. The predicted octanol–water partition coefficient (Wildman–Crippen LogP) is 2.87. The van der Waals surface area contributed by atoms with Gasteiger partial charge < -0.3 is 9.40 Å². The number of hydrogen-bond donors (Lipinski definition) is 1. The summed E-state index contributed by atoms with van der Waals surface area (Å²) in [5, 5.41) is 0. The minimum absolute atomic E-state index is 0.0297. The summed E-state index contributed by atoms with van der Waals surface area (Å²) in [7, 11) is 0. The number of rotatable bonds is 3. The van der Waals surface area contributed by atoms with Crippen molar-refractivity contribution in [2.75, 3.05) is 6.54 Å². The van der Waals surface area contributed by atoms with Crippen molar-refractivity contribution in [3.8, 4) is 11.6 Å². The highest BCUT2D eigenvalue weighted by Gasteiger charge is 2.23. The van der Waals surface area contributed by atoms with E-state index >= 15 is 0 Å². The number of halogens is 2. The molecular weight excluding hydrogens is 328 g/mol. The van der Waals surface area contributed by atoms with Crippen LogP contribution in [-0.4, -0.2) is 21.4 Å². The molecule has 4 rings (SSSR count). The van der Waals surface area contributed by atoms with Gasteiger partial charge in [0, 0.05) is 30.8 Å². The highest BCUT2D eigenvalue weighted by Crippen LogP contribution is 2.22. The number of aromatic nitrogens is 2. The van der Waals surface area contributed by atoms with E-state index < -0.39 is 11.6 Å². The van der Waals surface area contributed by atoms with Gasteiger partial charge in [0.2, 0.25) is 0 Å². The summed E-state index contributed by atoms with van der Waals surface area (Å²) in [6.07, 6.45) is 1.98. The number of furan rings is 1. The second kappa shape index (κ2) is 6.25. The van der Waals surface area contributed by atoms with E-state index in [9.17, 15) is 13.6 Å². The fourth-order valence-corrected chi connectivity index (χ4v) is 3.07. The van der Waals surface area contributed by atoms with E-state index in [4.69, 9.17) is 4.42 Å². The maximum atomic E-state index is 13.9. The van der Waals surface area contributed by atoms with Gasteiger partial charge in [-0.2, -0.15) is 0 Å². The zero-order valence-electron chi connectivity index (χ0n) is 13.3. The van der Waals surface area contributed by atoms with Crippen LogP contribution < -0.4 is 5.56 Å². The van der Waals surface area contributed by atoms with Gasteiger partial charge in [0.15, 0.2) is 11.6 Å². The molecule has 3 aromatic rings. The number of fused-ring (bicyclic) bond motifs is 1.